The second-order valence-corrected chi connectivity index (χ2v) is 9.74. The number of aryl methyl sites for hydroxylation is 1. The number of rotatable bonds is 6. The van der Waals surface area contributed by atoms with Gasteiger partial charge in [-0.3, -0.25) is 4.79 Å². The summed E-state index contributed by atoms with van der Waals surface area (Å²) in [5, 5.41) is 2.65. The lowest BCUT2D eigenvalue weighted by Crippen LogP contribution is -2.42. The third kappa shape index (κ3) is 5.06. The first-order valence-corrected chi connectivity index (χ1v) is 11.4. The summed E-state index contributed by atoms with van der Waals surface area (Å²) in [6, 6.07) is 11.3. The number of esters is 1. The van der Waals surface area contributed by atoms with Crippen LogP contribution >= 0.6 is 0 Å². The van der Waals surface area contributed by atoms with Crippen LogP contribution in [0.15, 0.2) is 36.4 Å². The van der Waals surface area contributed by atoms with Crippen molar-refractivity contribution >= 4 is 21.7 Å². The molecular weight excluding hydrogens is 392 g/mol. The summed E-state index contributed by atoms with van der Waals surface area (Å²) in [7, 11) is -3.09. The minimum atomic E-state index is -3.09. The smallest absolute Gasteiger partial charge is 0.340 e. The lowest BCUT2D eigenvalue weighted by Gasteiger charge is -2.16. The number of aromatic nitrogens is 1. The molecule has 0 spiro atoms. The molecule has 0 saturated carbocycles. The van der Waals surface area contributed by atoms with Gasteiger partial charge < -0.3 is 14.6 Å². The van der Waals surface area contributed by atoms with E-state index in [1.165, 1.54) is 6.92 Å². The molecule has 0 unspecified atom stereocenters. The van der Waals surface area contributed by atoms with Crippen LogP contribution in [0.1, 0.15) is 40.7 Å². The Balaban J connectivity index is 1.64. The van der Waals surface area contributed by atoms with E-state index in [2.05, 4.69) is 5.32 Å². The summed E-state index contributed by atoms with van der Waals surface area (Å²) in [5.74, 6) is -1.06. The van der Waals surface area contributed by atoms with E-state index >= 15 is 0 Å². The third-order valence-electron chi connectivity index (χ3n) is 5.21. The van der Waals surface area contributed by atoms with E-state index < -0.39 is 33.9 Å². The molecule has 0 bridgehead atoms. The molecule has 1 amide bonds. The Labute approximate surface area is 171 Å². The van der Waals surface area contributed by atoms with Gasteiger partial charge in [-0.2, -0.15) is 0 Å². The fourth-order valence-electron chi connectivity index (χ4n) is 3.52. The Kier molecular flexibility index (Phi) is 6.12. The first-order chi connectivity index (χ1) is 13.7. The summed E-state index contributed by atoms with van der Waals surface area (Å²) in [4.78, 5) is 24.9. The molecule has 29 heavy (non-hydrogen) atoms. The van der Waals surface area contributed by atoms with Crippen LogP contribution in [-0.4, -0.2) is 48.5 Å². The predicted molar refractivity (Wildman–Crippen MR) is 110 cm³/mol. The standard InChI is InChI=1S/C21H26N2O5S/c1-14-11-19(15(2)23(14)12-17-7-5-4-6-8-17)21(25)28-16(3)20(24)22-18-9-10-29(26,27)13-18/h4-8,11,16,18H,9-10,12-13H2,1-3H3,(H,22,24)/t16-,18-/m0/s1. The van der Waals surface area contributed by atoms with Gasteiger partial charge in [0.05, 0.1) is 17.1 Å². The summed E-state index contributed by atoms with van der Waals surface area (Å²) in [6.45, 7) is 5.89. The second-order valence-electron chi connectivity index (χ2n) is 7.51. The molecule has 2 aromatic rings. The van der Waals surface area contributed by atoms with Crippen molar-refractivity contribution in [1.82, 2.24) is 9.88 Å². The second kappa shape index (κ2) is 8.41. The molecule has 8 heteroatoms. The van der Waals surface area contributed by atoms with Crippen LogP contribution in [0.3, 0.4) is 0 Å². The molecule has 156 valence electrons. The average Bonchev–Trinajstić information content (AvgIpc) is 3.15. The quantitative estimate of drug-likeness (QED) is 0.724. The monoisotopic (exact) mass is 418 g/mol. The van der Waals surface area contributed by atoms with Gasteiger partial charge in [0.1, 0.15) is 0 Å². The van der Waals surface area contributed by atoms with E-state index in [4.69, 9.17) is 4.74 Å². The largest absolute Gasteiger partial charge is 0.449 e. The molecule has 3 rings (SSSR count). The van der Waals surface area contributed by atoms with Crippen LogP contribution in [0, 0.1) is 13.8 Å². The van der Waals surface area contributed by atoms with Gasteiger partial charge in [-0.1, -0.05) is 30.3 Å². The van der Waals surface area contributed by atoms with E-state index in [1.807, 2.05) is 48.7 Å². The van der Waals surface area contributed by atoms with Crippen molar-refractivity contribution in [3.63, 3.8) is 0 Å². The van der Waals surface area contributed by atoms with Crippen LogP contribution in [0.2, 0.25) is 0 Å². The number of nitrogens with one attached hydrogen (secondary N) is 1. The van der Waals surface area contributed by atoms with Crippen LogP contribution in [0.5, 0.6) is 0 Å². The van der Waals surface area contributed by atoms with Crippen molar-refractivity contribution in [3.8, 4) is 0 Å². The molecule has 1 aliphatic rings. The summed E-state index contributed by atoms with van der Waals surface area (Å²) in [6.07, 6.45) is -0.627. The molecule has 1 aromatic heterocycles. The zero-order chi connectivity index (χ0) is 21.2. The third-order valence-corrected chi connectivity index (χ3v) is 6.98. The molecule has 2 heterocycles. The van der Waals surface area contributed by atoms with E-state index in [1.54, 1.807) is 6.07 Å². The van der Waals surface area contributed by atoms with Crippen LogP contribution < -0.4 is 5.32 Å². The van der Waals surface area contributed by atoms with E-state index in [0.717, 1.165) is 17.0 Å². The number of hydrogen-bond acceptors (Lipinski definition) is 5. The number of benzene rings is 1. The highest BCUT2D eigenvalue weighted by molar-refractivity contribution is 7.91. The zero-order valence-electron chi connectivity index (χ0n) is 16.8. The minimum absolute atomic E-state index is 0.0690. The predicted octanol–water partition coefficient (Wildman–Crippen LogP) is 2.00. The van der Waals surface area contributed by atoms with Crippen LogP contribution in [0.25, 0.3) is 0 Å². The van der Waals surface area contributed by atoms with Crippen molar-refractivity contribution in [2.75, 3.05) is 11.5 Å². The van der Waals surface area contributed by atoms with Crippen molar-refractivity contribution in [1.29, 1.82) is 0 Å². The molecule has 1 N–H and O–H groups in total. The topological polar surface area (TPSA) is 94.5 Å². The molecule has 1 fully saturated rings. The highest BCUT2D eigenvalue weighted by Gasteiger charge is 2.31. The minimum Gasteiger partial charge on any atom is -0.449 e. The van der Waals surface area contributed by atoms with Crippen LogP contribution in [0.4, 0.5) is 0 Å². The Morgan fingerprint density at radius 1 is 1.24 bits per heavy atom. The van der Waals surface area contributed by atoms with Gasteiger partial charge in [-0.25, -0.2) is 13.2 Å². The van der Waals surface area contributed by atoms with Crippen molar-refractivity contribution in [2.24, 2.45) is 0 Å². The average molecular weight is 419 g/mol. The summed E-state index contributed by atoms with van der Waals surface area (Å²) < 4.78 is 30.4. The lowest BCUT2D eigenvalue weighted by molar-refractivity contribution is -0.129. The molecule has 1 aromatic carbocycles. The summed E-state index contributed by atoms with van der Waals surface area (Å²) >= 11 is 0. The summed E-state index contributed by atoms with van der Waals surface area (Å²) in [5.41, 5.74) is 3.23. The van der Waals surface area contributed by atoms with Gasteiger partial charge in [-0.15, -0.1) is 0 Å². The molecule has 0 aliphatic carbocycles. The number of carbonyl (C=O) groups is 2. The van der Waals surface area contributed by atoms with E-state index in [0.29, 0.717) is 18.5 Å². The van der Waals surface area contributed by atoms with Crippen molar-refractivity contribution in [3.05, 3.63) is 58.9 Å². The molecular formula is C21H26N2O5S. The van der Waals surface area contributed by atoms with Gasteiger partial charge in [-0.05, 0) is 38.8 Å². The van der Waals surface area contributed by atoms with Gasteiger partial charge in [0.2, 0.25) is 0 Å². The molecule has 2 atom stereocenters. The Hall–Kier alpha value is -2.61. The maximum Gasteiger partial charge on any atom is 0.340 e. The fourth-order valence-corrected chi connectivity index (χ4v) is 5.20. The van der Waals surface area contributed by atoms with Gasteiger partial charge in [0, 0.05) is 24.0 Å². The Morgan fingerprint density at radius 3 is 2.55 bits per heavy atom. The zero-order valence-corrected chi connectivity index (χ0v) is 17.7. The maximum absolute atomic E-state index is 12.6. The first-order valence-electron chi connectivity index (χ1n) is 9.58. The van der Waals surface area contributed by atoms with E-state index in [-0.39, 0.29) is 11.5 Å². The van der Waals surface area contributed by atoms with Crippen molar-refractivity contribution in [2.45, 2.75) is 45.9 Å². The SMILES string of the molecule is Cc1cc(C(=O)O[C@@H](C)C(=O)N[C@H]2CCS(=O)(=O)C2)c(C)n1Cc1ccccc1. The Bertz CT molecular complexity index is 1010. The molecule has 1 saturated heterocycles. The molecule has 1 aliphatic heterocycles. The molecule has 7 nitrogen and oxygen atoms in total. The van der Waals surface area contributed by atoms with Gasteiger partial charge in [0.15, 0.2) is 15.9 Å². The normalized spacial score (nSPS) is 18.9. The number of sulfone groups is 1. The molecule has 0 radical (unpaired) electrons. The number of hydrogen-bond donors (Lipinski definition) is 1. The number of amides is 1. The lowest BCUT2D eigenvalue weighted by atomic mass is 10.2. The van der Waals surface area contributed by atoms with Crippen molar-refractivity contribution < 1.29 is 22.7 Å². The number of carbonyl (C=O) groups excluding carboxylic acids is 2. The van der Waals surface area contributed by atoms with Crippen LogP contribution in [-0.2, 0) is 25.9 Å². The maximum atomic E-state index is 12.6. The van der Waals surface area contributed by atoms with Gasteiger partial charge in [0.25, 0.3) is 5.91 Å². The fraction of sp³-hybridized carbons (Fsp3) is 0.429. The van der Waals surface area contributed by atoms with E-state index in [9.17, 15) is 18.0 Å². The number of ether oxygens (including phenoxy) is 1. The highest BCUT2D eigenvalue weighted by atomic mass is 32.2. The van der Waals surface area contributed by atoms with Gasteiger partial charge >= 0.3 is 5.97 Å². The number of nitrogens with zero attached hydrogens (tertiary/aromatic N) is 1. The highest BCUT2D eigenvalue weighted by Crippen LogP contribution is 2.19. The first kappa shape index (κ1) is 21.1. The Morgan fingerprint density at radius 2 is 1.93 bits per heavy atom.